The molecule has 3 rings (SSSR count). The van der Waals surface area contributed by atoms with E-state index >= 15 is 0 Å². The average Bonchev–Trinajstić information content (AvgIpc) is 2.48. The van der Waals surface area contributed by atoms with Crippen molar-refractivity contribution in [3.63, 3.8) is 0 Å². The van der Waals surface area contributed by atoms with E-state index in [1.807, 2.05) is 6.07 Å². The molecule has 0 amide bonds. The number of hydrogen-bond donors (Lipinski definition) is 1. The summed E-state index contributed by atoms with van der Waals surface area (Å²) in [4.78, 5) is 0. The molecule has 1 aromatic rings. The van der Waals surface area contributed by atoms with E-state index in [0.717, 1.165) is 44.5 Å². The summed E-state index contributed by atoms with van der Waals surface area (Å²) in [5.41, 5.74) is 0.749. The molecule has 3 nitrogen and oxygen atoms in total. The van der Waals surface area contributed by atoms with Gasteiger partial charge in [-0.3, -0.25) is 0 Å². The molecule has 116 valence electrons. The zero-order chi connectivity index (χ0) is 14.7. The maximum Gasteiger partial charge on any atom is 0.123 e. The van der Waals surface area contributed by atoms with E-state index in [-0.39, 0.29) is 17.3 Å². The topological polar surface area (TPSA) is 38.7 Å². The summed E-state index contributed by atoms with van der Waals surface area (Å²) in [5, 5.41) is 10.5. The highest BCUT2D eigenvalue weighted by molar-refractivity contribution is 5.17. The minimum atomic E-state index is -0.435. The Morgan fingerprint density at radius 2 is 2.10 bits per heavy atom. The number of rotatable bonds is 3. The van der Waals surface area contributed by atoms with Gasteiger partial charge in [-0.1, -0.05) is 12.1 Å². The van der Waals surface area contributed by atoms with Crippen LogP contribution in [0.1, 0.15) is 31.2 Å². The summed E-state index contributed by atoms with van der Waals surface area (Å²) in [6, 6.07) is 6.51. The van der Waals surface area contributed by atoms with Crippen LogP contribution in [-0.4, -0.2) is 36.6 Å². The normalized spacial score (nSPS) is 26.7. The minimum absolute atomic E-state index is 0.107. The monoisotopic (exact) mass is 294 g/mol. The van der Waals surface area contributed by atoms with Crippen molar-refractivity contribution in [2.45, 2.75) is 43.8 Å². The summed E-state index contributed by atoms with van der Waals surface area (Å²) < 4.78 is 24.7. The molecule has 1 N–H and O–H groups in total. The standard InChI is InChI=1S/C17H23FO3/c18-15-3-1-2-13(10-15)11-16(19)14-4-7-21-17(12-14)5-8-20-9-6-17/h1-3,10,14,16,19H,4-9,11-12H2. The summed E-state index contributed by atoms with van der Waals surface area (Å²) in [5.74, 6) is -0.0207. The minimum Gasteiger partial charge on any atom is -0.392 e. The Morgan fingerprint density at radius 1 is 1.29 bits per heavy atom. The SMILES string of the molecule is OC(Cc1cccc(F)c1)C1CCOC2(CCOCC2)C1. The lowest BCUT2D eigenvalue weighted by Crippen LogP contribution is -2.47. The zero-order valence-electron chi connectivity index (χ0n) is 12.3. The second kappa shape index (κ2) is 6.42. The maximum absolute atomic E-state index is 13.2. The summed E-state index contributed by atoms with van der Waals surface area (Å²) in [6.07, 6.45) is 3.66. The third-order valence-electron chi connectivity index (χ3n) is 4.81. The van der Waals surface area contributed by atoms with Crippen LogP contribution < -0.4 is 0 Å². The van der Waals surface area contributed by atoms with Gasteiger partial charge in [0, 0.05) is 19.8 Å². The predicted molar refractivity (Wildman–Crippen MR) is 77.6 cm³/mol. The number of ether oxygens (including phenoxy) is 2. The lowest BCUT2D eigenvalue weighted by atomic mass is 9.77. The van der Waals surface area contributed by atoms with E-state index in [0.29, 0.717) is 13.0 Å². The van der Waals surface area contributed by atoms with Crippen molar-refractivity contribution in [2.24, 2.45) is 5.92 Å². The van der Waals surface area contributed by atoms with Crippen LogP contribution >= 0.6 is 0 Å². The van der Waals surface area contributed by atoms with Crippen molar-refractivity contribution in [2.75, 3.05) is 19.8 Å². The van der Waals surface area contributed by atoms with Gasteiger partial charge in [0.25, 0.3) is 0 Å². The molecule has 0 aliphatic carbocycles. The molecular weight excluding hydrogens is 271 g/mol. The van der Waals surface area contributed by atoms with Crippen LogP contribution in [0, 0.1) is 11.7 Å². The van der Waals surface area contributed by atoms with E-state index in [1.54, 1.807) is 6.07 Å². The fraction of sp³-hybridized carbons (Fsp3) is 0.647. The fourth-order valence-electron chi connectivity index (χ4n) is 3.56. The third kappa shape index (κ3) is 3.62. The molecule has 0 aromatic heterocycles. The molecule has 2 atom stereocenters. The average molecular weight is 294 g/mol. The van der Waals surface area contributed by atoms with E-state index in [4.69, 9.17) is 9.47 Å². The summed E-state index contributed by atoms with van der Waals surface area (Å²) in [6.45, 7) is 2.18. The Hall–Kier alpha value is -0.970. The molecule has 0 saturated carbocycles. The Kier molecular flexibility index (Phi) is 4.57. The lowest BCUT2D eigenvalue weighted by molar-refractivity contribution is -0.158. The van der Waals surface area contributed by atoms with Crippen molar-refractivity contribution in [1.82, 2.24) is 0 Å². The van der Waals surface area contributed by atoms with Crippen LogP contribution in [0.4, 0.5) is 4.39 Å². The largest absolute Gasteiger partial charge is 0.392 e. The number of benzene rings is 1. The molecular formula is C17H23FO3. The number of aliphatic hydroxyl groups excluding tert-OH is 1. The molecule has 4 heteroatoms. The van der Waals surface area contributed by atoms with Gasteiger partial charge >= 0.3 is 0 Å². The Bertz CT molecular complexity index is 465. The highest BCUT2D eigenvalue weighted by Crippen LogP contribution is 2.38. The van der Waals surface area contributed by atoms with E-state index < -0.39 is 6.10 Å². The molecule has 2 saturated heterocycles. The zero-order valence-corrected chi connectivity index (χ0v) is 12.3. The predicted octanol–water partition coefficient (Wildman–Crippen LogP) is 2.70. The Labute approximate surface area is 125 Å². The quantitative estimate of drug-likeness (QED) is 0.931. The second-order valence-corrected chi connectivity index (χ2v) is 6.30. The maximum atomic E-state index is 13.2. The highest BCUT2D eigenvalue weighted by atomic mass is 19.1. The second-order valence-electron chi connectivity index (χ2n) is 6.30. The molecule has 2 fully saturated rings. The van der Waals surface area contributed by atoms with Gasteiger partial charge in [0.15, 0.2) is 0 Å². The van der Waals surface area contributed by atoms with E-state index in [9.17, 15) is 9.50 Å². The molecule has 2 aliphatic heterocycles. The molecule has 0 bridgehead atoms. The first-order chi connectivity index (χ1) is 10.2. The molecule has 21 heavy (non-hydrogen) atoms. The van der Waals surface area contributed by atoms with E-state index in [1.165, 1.54) is 12.1 Å². The van der Waals surface area contributed by atoms with Crippen molar-refractivity contribution >= 4 is 0 Å². The van der Waals surface area contributed by atoms with Gasteiger partial charge in [-0.2, -0.15) is 0 Å². The Morgan fingerprint density at radius 3 is 2.86 bits per heavy atom. The van der Waals surface area contributed by atoms with Gasteiger partial charge in [0.2, 0.25) is 0 Å². The van der Waals surface area contributed by atoms with Crippen LogP contribution in [0.25, 0.3) is 0 Å². The van der Waals surface area contributed by atoms with Crippen molar-refractivity contribution in [1.29, 1.82) is 0 Å². The van der Waals surface area contributed by atoms with Crippen LogP contribution in [-0.2, 0) is 15.9 Å². The number of halogens is 1. The van der Waals surface area contributed by atoms with Gasteiger partial charge in [0.1, 0.15) is 5.82 Å². The summed E-state index contributed by atoms with van der Waals surface area (Å²) in [7, 11) is 0. The highest BCUT2D eigenvalue weighted by Gasteiger charge is 2.40. The van der Waals surface area contributed by atoms with Crippen molar-refractivity contribution in [3.05, 3.63) is 35.6 Å². The van der Waals surface area contributed by atoms with Gasteiger partial charge < -0.3 is 14.6 Å². The van der Waals surface area contributed by atoms with Crippen LogP contribution in [0.2, 0.25) is 0 Å². The van der Waals surface area contributed by atoms with Gasteiger partial charge in [0.05, 0.1) is 11.7 Å². The number of hydrogen-bond acceptors (Lipinski definition) is 3. The smallest absolute Gasteiger partial charge is 0.123 e. The molecule has 2 aliphatic rings. The molecule has 1 aromatic carbocycles. The fourth-order valence-corrected chi connectivity index (χ4v) is 3.56. The molecule has 2 heterocycles. The first-order valence-electron chi connectivity index (χ1n) is 7.81. The lowest BCUT2D eigenvalue weighted by Gasteiger charge is -2.44. The molecule has 0 radical (unpaired) electrons. The van der Waals surface area contributed by atoms with Gasteiger partial charge in [-0.05, 0) is 55.7 Å². The molecule has 2 unspecified atom stereocenters. The first kappa shape index (κ1) is 14.9. The van der Waals surface area contributed by atoms with E-state index in [2.05, 4.69) is 0 Å². The van der Waals surface area contributed by atoms with Crippen LogP contribution in [0.15, 0.2) is 24.3 Å². The van der Waals surface area contributed by atoms with Gasteiger partial charge in [-0.25, -0.2) is 4.39 Å². The van der Waals surface area contributed by atoms with Crippen molar-refractivity contribution < 1.29 is 19.0 Å². The third-order valence-corrected chi connectivity index (χ3v) is 4.81. The number of aliphatic hydroxyl groups is 1. The molecule has 1 spiro atoms. The Balaban J connectivity index is 1.62. The van der Waals surface area contributed by atoms with Crippen LogP contribution in [0.3, 0.4) is 0 Å². The summed E-state index contributed by atoms with van der Waals surface area (Å²) >= 11 is 0. The van der Waals surface area contributed by atoms with Crippen LogP contribution in [0.5, 0.6) is 0 Å². The first-order valence-corrected chi connectivity index (χ1v) is 7.81. The van der Waals surface area contributed by atoms with Gasteiger partial charge in [-0.15, -0.1) is 0 Å². The van der Waals surface area contributed by atoms with Crippen molar-refractivity contribution in [3.8, 4) is 0 Å².